The van der Waals surface area contributed by atoms with Crippen molar-refractivity contribution < 1.29 is 9.59 Å². The average molecular weight is 456 g/mol. The van der Waals surface area contributed by atoms with E-state index in [1.165, 1.54) is 6.20 Å². The average Bonchev–Trinajstić information content (AvgIpc) is 3.34. The minimum absolute atomic E-state index is 0.360. The topological polar surface area (TPSA) is 125 Å². The summed E-state index contributed by atoms with van der Waals surface area (Å²) in [6.45, 7) is 4.28. The lowest BCUT2D eigenvalue weighted by Gasteiger charge is -2.19. The number of aryl methyl sites for hydroxylation is 2. The second kappa shape index (κ2) is 10.4. The van der Waals surface area contributed by atoms with Crippen LogP contribution in [0.3, 0.4) is 0 Å². The van der Waals surface area contributed by atoms with Gasteiger partial charge in [0, 0.05) is 29.7 Å². The van der Waals surface area contributed by atoms with E-state index in [4.69, 9.17) is 0 Å². The van der Waals surface area contributed by atoms with Gasteiger partial charge in [-0.05, 0) is 43.2 Å². The van der Waals surface area contributed by atoms with Crippen LogP contribution in [-0.2, 0) is 11.3 Å². The van der Waals surface area contributed by atoms with Gasteiger partial charge in [0.2, 0.25) is 5.95 Å². The SMILES string of the molecule is Cc1cc(C)nc(NCc2cccc(C(=O)NC(C(=O)Nc3cn[nH]c3)c3ccccc3)c2)n1. The number of rotatable bonds is 8. The highest BCUT2D eigenvalue weighted by atomic mass is 16.2. The smallest absolute Gasteiger partial charge is 0.252 e. The van der Waals surface area contributed by atoms with Crippen molar-refractivity contribution in [2.45, 2.75) is 26.4 Å². The molecular weight excluding hydrogens is 430 g/mol. The molecule has 0 aliphatic carbocycles. The summed E-state index contributed by atoms with van der Waals surface area (Å²) in [5, 5.41) is 15.3. The number of hydrogen-bond donors (Lipinski definition) is 4. The molecule has 0 fully saturated rings. The molecule has 0 aliphatic rings. The zero-order valence-corrected chi connectivity index (χ0v) is 18.9. The van der Waals surface area contributed by atoms with Gasteiger partial charge in [-0.1, -0.05) is 42.5 Å². The van der Waals surface area contributed by atoms with Crippen LogP contribution in [-0.4, -0.2) is 32.0 Å². The molecule has 9 heteroatoms. The first-order valence-corrected chi connectivity index (χ1v) is 10.8. The van der Waals surface area contributed by atoms with E-state index in [-0.39, 0.29) is 11.8 Å². The standard InChI is InChI=1S/C25H25N7O2/c1-16-11-17(2)30-25(29-16)26-13-18-7-6-10-20(12-18)23(33)32-22(19-8-4-3-5-9-19)24(34)31-21-14-27-28-15-21/h3-12,14-15,22H,13H2,1-2H3,(H,27,28)(H,31,34)(H,32,33)(H,26,29,30). The normalized spacial score (nSPS) is 11.5. The molecule has 1 atom stereocenters. The van der Waals surface area contributed by atoms with E-state index >= 15 is 0 Å². The van der Waals surface area contributed by atoms with Crippen LogP contribution in [0, 0.1) is 13.8 Å². The van der Waals surface area contributed by atoms with Crippen LogP contribution in [0.2, 0.25) is 0 Å². The van der Waals surface area contributed by atoms with E-state index in [1.54, 1.807) is 36.5 Å². The van der Waals surface area contributed by atoms with Crippen LogP contribution in [0.4, 0.5) is 11.6 Å². The van der Waals surface area contributed by atoms with Crippen molar-refractivity contribution >= 4 is 23.5 Å². The fourth-order valence-electron chi connectivity index (χ4n) is 3.50. The molecule has 0 saturated carbocycles. The van der Waals surface area contributed by atoms with Crippen molar-refractivity contribution in [1.82, 2.24) is 25.5 Å². The van der Waals surface area contributed by atoms with Gasteiger partial charge in [0.25, 0.3) is 11.8 Å². The van der Waals surface area contributed by atoms with E-state index in [9.17, 15) is 9.59 Å². The molecule has 172 valence electrons. The highest BCUT2D eigenvalue weighted by Crippen LogP contribution is 2.17. The van der Waals surface area contributed by atoms with Crippen LogP contribution in [0.25, 0.3) is 0 Å². The number of aromatic nitrogens is 4. The summed E-state index contributed by atoms with van der Waals surface area (Å²) >= 11 is 0. The minimum atomic E-state index is -0.881. The number of aromatic amines is 1. The molecule has 34 heavy (non-hydrogen) atoms. The lowest BCUT2D eigenvalue weighted by atomic mass is 10.0. The van der Waals surface area contributed by atoms with Gasteiger partial charge in [0.15, 0.2) is 0 Å². The first-order chi connectivity index (χ1) is 16.5. The van der Waals surface area contributed by atoms with Gasteiger partial charge in [-0.25, -0.2) is 9.97 Å². The zero-order chi connectivity index (χ0) is 23.9. The van der Waals surface area contributed by atoms with Crippen molar-refractivity contribution in [3.05, 3.63) is 101 Å². The van der Waals surface area contributed by atoms with E-state index in [0.29, 0.717) is 29.3 Å². The van der Waals surface area contributed by atoms with Crippen LogP contribution in [0.15, 0.2) is 73.1 Å². The third-order valence-corrected chi connectivity index (χ3v) is 5.06. The van der Waals surface area contributed by atoms with E-state index < -0.39 is 6.04 Å². The number of nitrogens with one attached hydrogen (secondary N) is 4. The summed E-state index contributed by atoms with van der Waals surface area (Å²) in [5.41, 5.74) is 4.27. The molecule has 0 saturated heterocycles. The summed E-state index contributed by atoms with van der Waals surface area (Å²) in [4.78, 5) is 34.8. The maximum Gasteiger partial charge on any atom is 0.252 e. The van der Waals surface area contributed by atoms with Crippen molar-refractivity contribution in [2.75, 3.05) is 10.6 Å². The van der Waals surface area contributed by atoms with E-state index in [0.717, 1.165) is 17.0 Å². The van der Waals surface area contributed by atoms with Gasteiger partial charge < -0.3 is 16.0 Å². The summed E-state index contributed by atoms with van der Waals surface area (Å²) in [5.74, 6) is -0.196. The molecule has 4 aromatic rings. The van der Waals surface area contributed by atoms with Gasteiger partial charge in [-0.2, -0.15) is 5.10 Å². The fourth-order valence-corrected chi connectivity index (χ4v) is 3.50. The Bertz CT molecular complexity index is 1250. The number of anilines is 2. The Balaban J connectivity index is 1.48. The predicted molar refractivity (Wildman–Crippen MR) is 129 cm³/mol. The number of carbonyl (C=O) groups excluding carboxylic acids is 2. The summed E-state index contributed by atoms with van der Waals surface area (Å²) in [6, 6.07) is 17.3. The summed E-state index contributed by atoms with van der Waals surface area (Å²) in [6.07, 6.45) is 3.06. The van der Waals surface area contributed by atoms with Gasteiger partial charge in [-0.15, -0.1) is 0 Å². The van der Waals surface area contributed by atoms with Crippen molar-refractivity contribution in [3.63, 3.8) is 0 Å². The van der Waals surface area contributed by atoms with Gasteiger partial charge >= 0.3 is 0 Å². The van der Waals surface area contributed by atoms with Crippen LogP contribution < -0.4 is 16.0 Å². The van der Waals surface area contributed by atoms with E-state index in [1.807, 2.05) is 44.2 Å². The van der Waals surface area contributed by atoms with Crippen LogP contribution in [0.5, 0.6) is 0 Å². The Morgan fingerprint density at radius 1 is 0.971 bits per heavy atom. The molecule has 0 radical (unpaired) electrons. The Labute approximate surface area is 197 Å². The number of benzene rings is 2. The number of hydrogen-bond acceptors (Lipinski definition) is 6. The maximum atomic E-state index is 13.1. The molecule has 4 N–H and O–H groups in total. The maximum absolute atomic E-state index is 13.1. The van der Waals surface area contributed by atoms with Crippen molar-refractivity contribution in [1.29, 1.82) is 0 Å². The molecule has 2 heterocycles. The van der Waals surface area contributed by atoms with Gasteiger partial charge in [-0.3, -0.25) is 14.7 Å². The van der Waals surface area contributed by atoms with Crippen molar-refractivity contribution in [3.8, 4) is 0 Å². The highest BCUT2D eigenvalue weighted by molar-refractivity contribution is 6.01. The molecule has 2 aromatic heterocycles. The lowest BCUT2D eigenvalue weighted by molar-refractivity contribution is -0.118. The zero-order valence-electron chi connectivity index (χ0n) is 18.9. The molecule has 0 spiro atoms. The molecular formula is C25H25N7O2. The quantitative estimate of drug-likeness (QED) is 0.322. The van der Waals surface area contributed by atoms with Crippen molar-refractivity contribution in [2.24, 2.45) is 0 Å². The summed E-state index contributed by atoms with van der Waals surface area (Å²) in [7, 11) is 0. The minimum Gasteiger partial charge on any atom is -0.350 e. The molecule has 0 aliphatic heterocycles. The summed E-state index contributed by atoms with van der Waals surface area (Å²) < 4.78 is 0. The molecule has 4 rings (SSSR count). The molecule has 2 amide bonds. The van der Waals surface area contributed by atoms with Crippen LogP contribution >= 0.6 is 0 Å². The first-order valence-electron chi connectivity index (χ1n) is 10.8. The Morgan fingerprint density at radius 3 is 2.44 bits per heavy atom. The third kappa shape index (κ3) is 5.83. The molecule has 2 aromatic carbocycles. The second-order valence-corrected chi connectivity index (χ2v) is 7.82. The lowest BCUT2D eigenvalue weighted by Crippen LogP contribution is -2.37. The monoisotopic (exact) mass is 455 g/mol. The van der Waals surface area contributed by atoms with Gasteiger partial charge in [0.05, 0.1) is 11.9 Å². The number of amides is 2. The van der Waals surface area contributed by atoms with E-state index in [2.05, 4.69) is 36.1 Å². The second-order valence-electron chi connectivity index (χ2n) is 7.82. The first kappa shape index (κ1) is 22.7. The molecule has 1 unspecified atom stereocenters. The Kier molecular flexibility index (Phi) is 6.92. The Morgan fingerprint density at radius 2 is 1.74 bits per heavy atom. The fraction of sp³-hybridized carbons (Fsp3) is 0.160. The largest absolute Gasteiger partial charge is 0.350 e. The predicted octanol–water partition coefficient (Wildman–Crippen LogP) is 3.54. The number of nitrogens with zero attached hydrogens (tertiary/aromatic N) is 3. The van der Waals surface area contributed by atoms with Crippen LogP contribution in [0.1, 0.15) is 38.9 Å². The molecule has 0 bridgehead atoms. The Hall–Kier alpha value is -4.53. The van der Waals surface area contributed by atoms with Gasteiger partial charge in [0.1, 0.15) is 6.04 Å². The number of H-pyrrole nitrogens is 1. The highest BCUT2D eigenvalue weighted by Gasteiger charge is 2.23. The third-order valence-electron chi connectivity index (χ3n) is 5.06. The molecule has 9 nitrogen and oxygen atoms in total. The number of carbonyl (C=O) groups is 2.